The van der Waals surface area contributed by atoms with Crippen molar-refractivity contribution >= 4 is 29.4 Å². The number of rotatable bonds is 5. The van der Waals surface area contributed by atoms with E-state index in [1.165, 1.54) is 10.4 Å². The van der Waals surface area contributed by atoms with Gasteiger partial charge in [-0.25, -0.2) is 0 Å². The van der Waals surface area contributed by atoms with Gasteiger partial charge in [0.05, 0.1) is 4.21 Å². The summed E-state index contributed by atoms with van der Waals surface area (Å²) in [7, 11) is 0. The fourth-order valence-electron chi connectivity index (χ4n) is 1.53. The van der Waals surface area contributed by atoms with Crippen LogP contribution in [-0.2, 0) is 12.2 Å². The lowest BCUT2D eigenvalue weighted by atomic mass is 10.2. The molecule has 0 saturated heterocycles. The average Bonchev–Trinajstić information content (AvgIpc) is 2.80. The predicted octanol–water partition coefficient (Wildman–Crippen LogP) is 4.42. The SMILES string of the molecule is CCc1cc(C=O)c(SCc2ccccc2)s1. The van der Waals surface area contributed by atoms with Gasteiger partial charge in [-0.3, -0.25) is 4.79 Å². The van der Waals surface area contributed by atoms with Crippen LogP contribution in [-0.4, -0.2) is 6.29 Å². The first kappa shape index (κ1) is 12.4. The van der Waals surface area contributed by atoms with Crippen molar-refractivity contribution in [2.75, 3.05) is 0 Å². The Morgan fingerprint density at radius 2 is 2.06 bits per heavy atom. The number of thiophene rings is 1. The van der Waals surface area contributed by atoms with E-state index in [1.54, 1.807) is 23.1 Å². The molecule has 2 rings (SSSR count). The fourth-order valence-corrected chi connectivity index (χ4v) is 3.82. The van der Waals surface area contributed by atoms with E-state index in [2.05, 4.69) is 19.1 Å². The second kappa shape index (κ2) is 6.03. The van der Waals surface area contributed by atoms with Crippen LogP contribution in [0.25, 0.3) is 0 Å². The van der Waals surface area contributed by atoms with Crippen LogP contribution in [0.2, 0.25) is 0 Å². The third-order valence-electron chi connectivity index (χ3n) is 2.46. The zero-order valence-electron chi connectivity index (χ0n) is 9.68. The maximum absolute atomic E-state index is 11.0. The summed E-state index contributed by atoms with van der Waals surface area (Å²) in [5.41, 5.74) is 2.13. The van der Waals surface area contributed by atoms with Crippen LogP contribution < -0.4 is 0 Å². The summed E-state index contributed by atoms with van der Waals surface area (Å²) >= 11 is 3.48. The highest BCUT2D eigenvalue weighted by molar-refractivity contribution is 8.00. The molecular weight excluding hydrogens is 248 g/mol. The van der Waals surface area contributed by atoms with Gasteiger partial charge in [0, 0.05) is 16.2 Å². The van der Waals surface area contributed by atoms with E-state index >= 15 is 0 Å². The smallest absolute Gasteiger partial charge is 0.152 e. The zero-order chi connectivity index (χ0) is 12.1. The highest BCUT2D eigenvalue weighted by Gasteiger charge is 2.08. The van der Waals surface area contributed by atoms with Crippen LogP contribution in [0.3, 0.4) is 0 Å². The van der Waals surface area contributed by atoms with Crippen LogP contribution in [0.4, 0.5) is 0 Å². The van der Waals surface area contributed by atoms with Gasteiger partial charge in [-0.15, -0.1) is 23.1 Å². The molecule has 0 aliphatic heterocycles. The lowest BCUT2D eigenvalue weighted by Gasteiger charge is -1.99. The normalized spacial score (nSPS) is 10.4. The molecule has 3 heteroatoms. The average molecular weight is 262 g/mol. The Bertz CT molecular complexity index is 488. The summed E-state index contributed by atoms with van der Waals surface area (Å²) in [5.74, 6) is 0.922. The Balaban J connectivity index is 2.08. The minimum Gasteiger partial charge on any atom is -0.298 e. The van der Waals surface area contributed by atoms with Crippen LogP contribution in [0.5, 0.6) is 0 Å². The maximum Gasteiger partial charge on any atom is 0.152 e. The van der Waals surface area contributed by atoms with Gasteiger partial charge in [0.1, 0.15) is 0 Å². The lowest BCUT2D eigenvalue weighted by molar-refractivity contribution is 0.112. The summed E-state index contributed by atoms with van der Waals surface area (Å²) < 4.78 is 1.14. The highest BCUT2D eigenvalue weighted by atomic mass is 32.2. The molecule has 0 saturated carbocycles. The van der Waals surface area contributed by atoms with E-state index in [4.69, 9.17) is 0 Å². The third-order valence-corrected chi connectivity index (χ3v) is 5.13. The van der Waals surface area contributed by atoms with Crippen LogP contribution >= 0.6 is 23.1 Å². The first-order chi connectivity index (χ1) is 8.33. The minimum absolute atomic E-state index is 0.841. The standard InChI is InChI=1S/C14H14OS2/c1-2-13-8-12(9-15)14(17-13)16-10-11-6-4-3-5-7-11/h3-9H,2,10H2,1H3. The van der Waals surface area contributed by atoms with Crippen molar-refractivity contribution in [3.63, 3.8) is 0 Å². The number of carbonyl (C=O) groups excluding carboxylic acids is 1. The summed E-state index contributed by atoms with van der Waals surface area (Å²) in [6.07, 6.45) is 1.96. The van der Waals surface area contributed by atoms with E-state index in [1.807, 2.05) is 24.3 Å². The molecular formula is C14H14OS2. The van der Waals surface area contributed by atoms with E-state index in [9.17, 15) is 4.79 Å². The number of aryl methyl sites for hydroxylation is 1. The molecule has 0 radical (unpaired) electrons. The highest BCUT2D eigenvalue weighted by Crippen LogP contribution is 2.33. The van der Waals surface area contributed by atoms with Crippen molar-refractivity contribution in [1.29, 1.82) is 0 Å². The molecule has 0 unspecified atom stereocenters. The number of thioether (sulfide) groups is 1. The van der Waals surface area contributed by atoms with Crippen molar-refractivity contribution in [3.05, 3.63) is 52.4 Å². The largest absolute Gasteiger partial charge is 0.298 e. The molecule has 1 heterocycles. The summed E-state index contributed by atoms with van der Waals surface area (Å²) in [6.45, 7) is 2.12. The van der Waals surface area contributed by atoms with Gasteiger partial charge >= 0.3 is 0 Å². The number of hydrogen-bond acceptors (Lipinski definition) is 3. The van der Waals surface area contributed by atoms with E-state index in [0.717, 1.165) is 28.2 Å². The Labute approximate surface area is 110 Å². The summed E-state index contributed by atoms with van der Waals surface area (Å²) in [4.78, 5) is 12.2. The van der Waals surface area contributed by atoms with Crippen molar-refractivity contribution in [2.24, 2.45) is 0 Å². The van der Waals surface area contributed by atoms with Gasteiger partial charge < -0.3 is 0 Å². The van der Waals surface area contributed by atoms with Gasteiger partial charge in [0.15, 0.2) is 6.29 Å². The number of benzene rings is 1. The van der Waals surface area contributed by atoms with Crippen LogP contribution in [0.1, 0.15) is 27.7 Å². The van der Waals surface area contributed by atoms with E-state index in [-0.39, 0.29) is 0 Å². The van der Waals surface area contributed by atoms with Gasteiger partial charge in [-0.1, -0.05) is 37.3 Å². The Morgan fingerprint density at radius 3 is 2.71 bits per heavy atom. The molecule has 17 heavy (non-hydrogen) atoms. The summed E-state index contributed by atoms with van der Waals surface area (Å²) in [6, 6.07) is 12.3. The Morgan fingerprint density at radius 1 is 1.29 bits per heavy atom. The molecule has 2 aromatic rings. The molecule has 0 bridgehead atoms. The molecule has 0 fully saturated rings. The van der Waals surface area contributed by atoms with Crippen LogP contribution in [0.15, 0.2) is 40.6 Å². The molecule has 1 aromatic heterocycles. The molecule has 1 nitrogen and oxygen atoms in total. The molecule has 1 aromatic carbocycles. The first-order valence-electron chi connectivity index (χ1n) is 5.58. The lowest BCUT2D eigenvalue weighted by Crippen LogP contribution is -1.80. The Hall–Kier alpha value is -1.06. The number of carbonyl (C=O) groups is 1. The van der Waals surface area contributed by atoms with Gasteiger partial charge in [0.2, 0.25) is 0 Å². The van der Waals surface area contributed by atoms with Crippen molar-refractivity contribution in [3.8, 4) is 0 Å². The molecule has 0 atom stereocenters. The van der Waals surface area contributed by atoms with Crippen LogP contribution in [0, 0.1) is 0 Å². The van der Waals surface area contributed by atoms with E-state index < -0.39 is 0 Å². The molecule has 0 N–H and O–H groups in total. The molecule has 0 amide bonds. The zero-order valence-corrected chi connectivity index (χ0v) is 11.3. The topological polar surface area (TPSA) is 17.1 Å². The molecule has 0 aliphatic carbocycles. The number of hydrogen-bond donors (Lipinski definition) is 0. The molecule has 0 aliphatic rings. The second-order valence-corrected chi connectivity index (χ2v) is 6.08. The van der Waals surface area contributed by atoms with Gasteiger partial charge in [-0.2, -0.15) is 0 Å². The molecule has 0 spiro atoms. The second-order valence-electron chi connectivity index (χ2n) is 3.70. The quantitative estimate of drug-likeness (QED) is 0.586. The number of aldehydes is 1. The Kier molecular flexibility index (Phi) is 4.40. The monoisotopic (exact) mass is 262 g/mol. The summed E-state index contributed by atoms with van der Waals surface area (Å²) in [5, 5.41) is 0. The van der Waals surface area contributed by atoms with E-state index in [0.29, 0.717) is 0 Å². The van der Waals surface area contributed by atoms with Crippen molar-refractivity contribution < 1.29 is 4.79 Å². The van der Waals surface area contributed by atoms with Crippen molar-refractivity contribution in [1.82, 2.24) is 0 Å². The first-order valence-corrected chi connectivity index (χ1v) is 7.38. The predicted molar refractivity (Wildman–Crippen MR) is 75.1 cm³/mol. The van der Waals surface area contributed by atoms with Crippen molar-refractivity contribution in [2.45, 2.75) is 23.3 Å². The van der Waals surface area contributed by atoms with Gasteiger partial charge in [-0.05, 0) is 18.1 Å². The third kappa shape index (κ3) is 3.20. The fraction of sp³-hybridized carbons (Fsp3) is 0.214. The minimum atomic E-state index is 0.841. The maximum atomic E-state index is 11.0. The van der Waals surface area contributed by atoms with Gasteiger partial charge in [0.25, 0.3) is 0 Å². The molecule has 88 valence electrons.